The highest BCUT2D eigenvalue weighted by atomic mass is 35.5. The average molecular weight is 429 g/mol. The number of nitrogens with one attached hydrogen (secondary N) is 2. The maximum atomic E-state index is 12.3. The standard InChI is InChI=1S/C22H18Cl2N2O3/c1-14-2-6-18(7-3-14)26-22(28)15-4-8-20(9-5-15)29-13-21(27)25-19-11-16(23)10-17(24)12-19/h2-12H,13H2,1H3,(H,25,27)(H,26,28). The molecule has 0 saturated carbocycles. The second-order valence-electron chi connectivity index (χ2n) is 6.34. The van der Waals surface area contributed by atoms with Crippen molar-refractivity contribution < 1.29 is 14.3 Å². The van der Waals surface area contributed by atoms with Crippen molar-refractivity contribution in [3.05, 3.63) is 87.9 Å². The van der Waals surface area contributed by atoms with Gasteiger partial charge in [0.25, 0.3) is 11.8 Å². The van der Waals surface area contributed by atoms with E-state index in [4.69, 9.17) is 27.9 Å². The van der Waals surface area contributed by atoms with Gasteiger partial charge >= 0.3 is 0 Å². The highest BCUT2D eigenvalue weighted by Gasteiger charge is 2.08. The molecule has 0 bridgehead atoms. The molecular formula is C22H18Cl2N2O3. The summed E-state index contributed by atoms with van der Waals surface area (Å²) in [5, 5.41) is 6.33. The van der Waals surface area contributed by atoms with Crippen molar-refractivity contribution in [3.8, 4) is 5.75 Å². The van der Waals surface area contributed by atoms with Gasteiger partial charge in [0.2, 0.25) is 0 Å². The molecule has 0 spiro atoms. The lowest BCUT2D eigenvalue weighted by Crippen LogP contribution is -2.20. The van der Waals surface area contributed by atoms with E-state index in [-0.39, 0.29) is 18.4 Å². The Labute approximate surface area is 178 Å². The molecule has 0 aromatic heterocycles. The van der Waals surface area contributed by atoms with Crippen LogP contribution in [0.2, 0.25) is 10.0 Å². The number of amides is 2. The van der Waals surface area contributed by atoms with Crippen molar-refractivity contribution in [3.63, 3.8) is 0 Å². The third-order valence-corrected chi connectivity index (χ3v) is 4.38. The first-order valence-electron chi connectivity index (χ1n) is 8.76. The monoisotopic (exact) mass is 428 g/mol. The molecular weight excluding hydrogens is 411 g/mol. The van der Waals surface area contributed by atoms with Gasteiger partial charge in [-0.15, -0.1) is 0 Å². The molecule has 0 saturated heterocycles. The molecule has 2 amide bonds. The fourth-order valence-electron chi connectivity index (χ4n) is 2.51. The molecule has 3 aromatic carbocycles. The lowest BCUT2D eigenvalue weighted by Gasteiger charge is -2.09. The fourth-order valence-corrected chi connectivity index (χ4v) is 3.04. The van der Waals surface area contributed by atoms with Crippen molar-refractivity contribution in [1.82, 2.24) is 0 Å². The van der Waals surface area contributed by atoms with Crippen LogP contribution in [0.4, 0.5) is 11.4 Å². The van der Waals surface area contributed by atoms with Crippen molar-refractivity contribution in [1.29, 1.82) is 0 Å². The number of ether oxygens (including phenoxy) is 1. The number of anilines is 2. The lowest BCUT2D eigenvalue weighted by atomic mass is 10.2. The second-order valence-corrected chi connectivity index (χ2v) is 7.21. The normalized spacial score (nSPS) is 10.3. The zero-order valence-corrected chi connectivity index (χ0v) is 17.1. The molecule has 5 nitrogen and oxygen atoms in total. The Bertz CT molecular complexity index is 999. The summed E-state index contributed by atoms with van der Waals surface area (Å²) < 4.78 is 5.46. The van der Waals surface area contributed by atoms with Crippen LogP contribution in [0.1, 0.15) is 15.9 Å². The Morgan fingerprint density at radius 2 is 1.45 bits per heavy atom. The Hall–Kier alpha value is -3.02. The van der Waals surface area contributed by atoms with Gasteiger partial charge in [0.05, 0.1) is 0 Å². The van der Waals surface area contributed by atoms with Gasteiger partial charge in [-0.3, -0.25) is 9.59 Å². The van der Waals surface area contributed by atoms with E-state index >= 15 is 0 Å². The van der Waals surface area contributed by atoms with Gasteiger partial charge in [0.15, 0.2) is 6.61 Å². The molecule has 0 atom stereocenters. The van der Waals surface area contributed by atoms with Crippen LogP contribution in [0.5, 0.6) is 5.75 Å². The lowest BCUT2D eigenvalue weighted by molar-refractivity contribution is -0.118. The minimum atomic E-state index is -0.357. The van der Waals surface area contributed by atoms with Gasteiger partial charge in [-0.05, 0) is 61.5 Å². The van der Waals surface area contributed by atoms with Gasteiger partial charge < -0.3 is 15.4 Å². The third kappa shape index (κ3) is 6.24. The summed E-state index contributed by atoms with van der Waals surface area (Å²) in [7, 11) is 0. The average Bonchev–Trinajstić information content (AvgIpc) is 2.68. The molecule has 0 fully saturated rings. The van der Waals surface area contributed by atoms with Crippen LogP contribution in [0.3, 0.4) is 0 Å². The van der Waals surface area contributed by atoms with E-state index in [2.05, 4.69) is 10.6 Å². The minimum absolute atomic E-state index is 0.195. The van der Waals surface area contributed by atoms with Gasteiger partial charge in [-0.2, -0.15) is 0 Å². The number of rotatable bonds is 6. The van der Waals surface area contributed by atoms with E-state index in [1.165, 1.54) is 0 Å². The predicted molar refractivity (Wildman–Crippen MR) is 116 cm³/mol. The topological polar surface area (TPSA) is 67.4 Å². The molecule has 0 radical (unpaired) electrons. The number of carbonyl (C=O) groups is 2. The summed E-state index contributed by atoms with van der Waals surface area (Å²) in [6.07, 6.45) is 0. The summed E-state index contributed by atoms with van der Waals surface area (Å²) in [5.74, 6) is -0.114. The van der Waals surface area contributed by atoms with E-state index < -0.39 is 0 Å². The maximum absolute atomic E-state index is 12.3. The zero-order chi connectivity index (χ0) is 20.8. The molecule has 3 rings (SSSR count). The summed E-state index contributed by atoms with van der Waals surface area (Å²) in [6.45, 7) is 1.79. The van der Waals surface area contributed by atoms with E-state index in [1.54, 1.807) is 42.5 Å². The van der Waals surface area contributed by atoms with Crippen LogP contribution >= 0.6 is 23.2 Å². The van der Waals surface area contributed by atoms with Crippen molar-refractivity contribution in [2.45, 2.75) is 6.92 Å². The molecule has 0 aliphatic rings. The smallest absolute Gasteiger partial charge is 0.262 e. The van der Waals surface area contributed by atoms with Crippen LogP contribution in [0, 0.1) is 6.92 Å². The number of hydrogen-bond acceptors (Lipinski definition) is 3. The molecule has 148 valence electrons. The van der Waals surface area contributed by atoms with Crippen molar-refractivity contribution >= 4 is 46.4 Å². The van der Waals surface area contributed by atoms with Gasteiger partial charge in [0, 0.05) is 27.0 Å². The molecule has 0 aliphatic carbocycles. The molecule has 0 heterocycles. The Balaban J connectivity index is 1.52. The third-order valence-electron chi connectivity index (χ3n) is 3.94. The first kappa shape index (κ1) is 20.7. The Morgan fingerprint density at radius 1 is 0.828 bits per heavy atom. The number of benzene rings is 3. The van der Waals surface area contributed by atoms with Crippen LogP contribution in [0.15, 0.2) is 66.7 Å². The number of hydrogen-bond donors (Lipinski definition) is 2. The molecule has 3 aromatic rings. The summed E-state index contributed by atoms with van der Waals surface area (Å²) in [4.78, 5) is 24.3. The van der Waals surface area contributed by atoms with Gasteiger partial charge in [0.1, 0.15) is 5.75 Å². The quantitative estimate of drug-likeness (QED) is 0.538. The Kier molecular flexibility index (Phi) is 6.75. The van der Waals surface area contributed by atoms with Crippen LogP contribution in [0.25, 0.3) is 0 Å². The van der Waals surface area contributed by atoms with Crippen LogP contribution in [-0.2, 0) is 4.79 Å². The summed E-state index contributed by atoms with van der Waals surface area (Å²) in [6, 6.07) is 18.8. The largest absolute Gasteiger partial charge is 0.484 e. The van der Waals surface area contributed by atoms with Crippen molar-refractivity contribution in [2.75, 3.05) is 17.2 Å². The molecule has 29 heavy (non-hydrogen) atoms. The van der Waals surface area contributed by atoms with E-state index in [1.807, 2.05) is 31.2 Å². The Morgan fingerprint density at radius 3 is 2.07 bits per heavy atom. The number of aryl methyl sites for hydroxylation is 1. The van der Waals surface area contributed by atoms with Gasteiger partial charge in [-0.1, -0.05) is 40.9 Å². The number of halogens is 2. The highest BCUT2D eigenvalue weighted by Crippen LogP contribution is 2.22. The fraction of sp³-hybridized carbons (Fsp3) is 0.0909. The first-order valence-corrected chi connectivity index (χ1v) is 9.51. The van der Waals surface area contributed by atoms with E-state index in [9.17, 15) is 9.59 Å². The summed E-state index contributed by atoms with van der Waals surface area (Å²) >= 11 is 11.8. The van der Waals surface area contributed by atoms with E-state index in [0.717, 1.165) is 11.3 Å². The number of carbonyl (C=O) groups excluding carboxylic acids is 2. The van der Waals surface area contributed by atoms with E-state index in [0.29, 0.717) is 27.0 Å². The van der Waals surface area contributed by atoms with Crippen LogP contribution in [-0.4, -0.2) is 18.4 Å². The molecule has 2 N–H and O–H groups in total. The second kappa shape index (κ2) is 9.45. The summed E-state index contributed by atoms with van der Waals surface area (Å²) in [5.41, 5.74) is 2.81. The first-order chi connectivity index (χ1) is 13.9. The zero-order valence-electron chi connectivity index (χ0n) is 15.5. The van der Waals surface area contributed by atoms with Gasteiger partial charge in [-0.25, -0.2) is 0 Å². The predicted octanol–water partition coefficient (Wildman–Crippen LogP) is 5.57. The highest BCUT2D eigenvalue weighted by molar-refractivity contribution is 6.35. The molecule has 0 aliphatic heterocycles. The maximum Gasteiger partial charge on any atom is 0.262 e. The van der Waals surface area contributed by atoms with Crippen molar-refractivity contribution in [2.24, 2.45) is 0 Å². The SMILES string of the molecule is Cc1ccc(NC(=O)c2ccc(OCC(=O)Nc3cc(Cl)cc(Cl)c3)cc2)cc1. The minimum Gasteiger partial charge on any atom is -0.484 e. The molecule has 7 heteroatoms. The van der Waals surface area contributed by atoms with Crippen LogP contribution < -0.4 is 15.4 Å². The molecule has 0 unspecified atom stereocenters.